The molecule has 2 saturated carbocycles. The molecule has 0 heterocycles. The summed E-state index contributed by atoms with van der Waals surface area (Å²) in [6.45, 7) is 8.11. The van der Waals surface area contributed by atoms with Crippen LogP contribution >= 0.6 is 0 Å². The second-order valence-corrected chi connectivity index (χ2v) is 6.59. The minimum atomic E-state index is -0.0358. The van der Waals surface area contributed by atoms with Crippen LogP contribution in [0.3, 0.4) is 0 Å². The second kappa shape index (κ2) is 6.91. The van der Waals surface area contributed by atoms with Crippen molar-refractivity contribution < 1.29 is 5.11 Å². The number of nitrogens with zero attached hydrogens (tertiary/aromatic N) is 1. The van der Waals surface area contributed by atoms with Gasteiger partial charge in [-0.15, -0.1) is 0 Å². The maximum absolute atomic E-state index is 10.2. The Bertz CT molecular complexity index is 239. The lowest BCUT2D eigenvalue weighted by molar-refractivity contribution is 0.0258. The molecule has 2 aliphatic carbocycles. The molecule has 2 rings (SSSR count). The van der Waals surface area contributed by atoms with Crippen LogP contribution in [0, 0.1) is 17.8 Å². The van der Waals surface area contributed by atoms with E-state index in [0.29, 0.717) is 5.92 Å². The van der Waals surface area contributed by atoms with E-state index in [1.807, 2.05) is 0 Å². The third-order valence-corrected chi connectivity index (χ3v) is 4.90. The zero-order valence-corrected chi connectivity index (χ0v) is 12.3. The summed E-state index contributed by atoms with van der Waals surface area (Å²) in [5.74, 6) is 2.38. The lowest BCUT2D eigenvalue weighted by Crippen LogP contribution is -2.39. The SMILES string of the molecule is CCCC1CCC(O)C(CN(CC)CC2CC2)C1. The average molecular weight is 253 g/mol. The fourth-order valence-corrected chi connectivity index (χ4v) is 3.54. The lowest BCUT2D eigenvalue weighted by atomic mass is 9.77. The normalized spacial score (nSPS) is 33.0. The first-order chi connectivity index (χ1) is 8.72. The van der Waals surface area contributed by atoms with E-state index >= 15 is 0 Å². The van der Waals surface area contributed by atoms with Gasteiger partial charge in [-0.3, -0.25) is 0 Å². The Morgan fingerprint density at radius 3 is 2.33 bits per heavy atom. The molecule has 0 aromatic rings. The summed E-state index contributed by atoms with van der Waals surface area (Å²) in [6, 6.07) is 0. The van der Waals surface area contributed by atoms with Crippen LogP contribution in [0.1, 0.15) is 58.8 Å². The predicted octanol–water partition coefficient (Wildman–Crippen LogP) is 3.30. The highest BCUT2D eigenvalue weighted by Gasteiger charge is 2.31. The molecule has 106 valence electrons. The molecule has 2 fully saturated rings. The minimum Gasteiger partial charge on any atom is -0.393 e. The van der Waals surface area contributed by atoms with Crippen molar-refractivity contribution in [3.05, 3.63) is 0 Å². The molecular formula is C16H31NO. The number of aliphatic hydroxyl groups is 1. The Kier molecular flexibility index (Phi) is 5.50. The Labute approximate surface area is 113 Å². The molecule has 0 saturated heterocycles. The first-order valence-corrected chi connectivity index (χ1v) is 8.13. The number of rotatable bonds is 7. The van der Waals surface area contributed by atoms with E-state index in [4.69, 9.17) is 0 Å². The van der Waals surface area contributed by atoms with Crippen LogP contribution in [0.2, 0.25) is 0 Å². The van der Waals surface area contributed by atoms with Crippen molar-refractivity contribution in [1.82, 2.24) is 4.90 Å². The summed E-state index contributed by atoms with van der Waals surface area (Å²) in [4.78, 5) is 2.58. The highest BCUT2D eigenvalue weighted by atomic mass is 16.3. The van der Waals surface area contributed by atoms with E-state index in [2.05, 4.69) is 18.7 Å². The van der Waals surface area contributed by atoms with Gasteiger partial charge in [0.15, 0.2) is 0 Å². The molecule has 0 radical (unpaired) electrons. The molecular weight excluding hydrogens is 222 g/mol. The van der Waals surface area contributed by atoms with E-state index in [1.54, 1.807) is 0 Å². The first-order valence-electron chi connectivity index (χ1n) is 8.13. The summed E-state index contributed by atoms with van der Waals surface area (Å²) in [5.41, 5.74) is 0. The van der Waals surface area contributed by atoms with Crippen molar-refractivity contribution in [1.29, 1.82) is 0 Å². The van der Waals surface area contributed by atoms with Gasteiger partial charge in [-0.2, -0.15) is 0 Å². The smallest absolute Gasteiger partial charge is 0.0580 e. The van der Waals surface area contributed by atoms with Crippen LogP contribution in [-0.4, -0.2) is 35.7 Å². The third-order valence-electron chi connectivity index (χ3n) is 4.90. The molecule has 2 nitrogen and oxygen atoms in total. The molecule has 0 aliphatic heterocycles. The van der Waals surface area contributed by atoms with E-state index in [1.165, 1.54) is 45.1 Å². The first kappa shape index (κ1) is 14.3. The molecule has 0 bridgehead atoms. The van der Waals surface area contributed by atoms with Crippen molar-refractivity contribution in [3.63, 3.8) is 0 Å². The van der Waals surface area contributed by atoms with Crippen LogP contribution in [0.5, 0.6) is 0 Å². The Hall–Kier alpha value is -0.0800. The highest BCUT2D eigenvalue weighted by molar-refractivity contribution is 4.84. The van der Waals surface area contributed by atoms with Crippen LogP contribution in [0.25, 0.3) is 0 Å². The predicted molar refractivity (Wildman–Crippen MR) is 76.6 cm³/mol. The summed E-state index contributed by atoms with van der Waals surface area (Å²) in [7, 11) is 0. The van der Waals surface area contributed by atoms with Crippen molar-refractivity contribution in [2.75, 3.05) is 19.6 Å². The zero-order chi connectivity index (χ0) is 13.0. The van der Waals surface area contributed by atoms with Gasteiger partial charge < -0.3 is 10.0 Å². The van der Waals surface area contributed by atoms with Crippen molar-refractivity contribution in [3.8, 4) is 0 Å². The van der Waals surface area contributed by atoms with Gasteiger partial charge in [0.2, 0.25) is 0 Å². The van der Waals surface area contributed by atoms with Gasteiger partial charge in [-0.25, -0.2) is 0 Å². The molecule has 18 heavy (non-hydrogen) atoms. The maximum atomic E-state index is 10.2. The summed E-state index contributed by atoms with van der Waals surface area (Å²) >= 11 is 0. The number of aliphatic hydroxyl groups excluding tert-OH is 1. The molecule has 2 aliphatic rings. The summed E-state index contributed by atoms with van der Waals surface area (Å²) in [6.07, 6.45) is 9.04. The van der Waals surface area contributed by atoms with Crippen LogP contribution in [-0.2, 0) is 0 Å². The van der Waals surface area contributed by atoms with Gasteiger partial charge in [0.1, 0.15) is 0 Å². The van der Waals surface area contributed by atoms with E-state index in [-0.39, 0.29) is 6.10 Å². The largest absolute Gasteiger partial charge is 0.393 e. The van der Waals surface area contributed by atoms with Gasteiger partial charge in [-0.1, -0.05) is 26.7 Å². The molecule has 2 heteroatoms. The number of hydrogen-bond acceptors (Lipinski definition) is 2. The quantitative estimate of drug-likeness (QED) is 0.752. The monoisotopic (exact) mass is 253 g/mol. The van der Waals surface area contributed by atoms with Crippen molar-refractivity contribution >= 4 is 0 Å². The summed E-state index contributed by atoms with van der Waals surface area (Å²) < 4.78 is 0. The van der Waals surface area contributed by atoms with Gasteiger partial charge >= 0.3 is 0 Å². The highest BCUT2D eigenvalue weighted by Crippen LogP contribution is 2.34. The van der Waals surface area contributed by atoms with E-state index in [0.717, 1.165) is 31.3 Å². The van der Waals surface area contributed by atoms with Gasteiger partial charge in [0.05, 0.1) is 6.10 Å². The lowest BCUT2D eigenvalue weighted by Gasteiger charge is -2.36. The fourth-order valence-electron chi connectivity index (χ4n) is 3.54. The molecule has 3 atom stereocenters. The van der Waals surface area contributed by atoms with Gasteiger partial charge in [-0.05, 0) is 56.4 Å². The van der Waals surface area contributed by atoms with E-state index in [9.17, 15) is 5.11 Å². The standard InChI is InChI=1S/C16H31NO/c1-3-5-13-8-9-16(18)15(10-13)12-17(4-2)11-14-6-7-14/h13-16,18H,3-12H2,1-2H3. The second-order valence-electron chi connectivity index (χ2n) is 6.59. The average Bonchev–Trinajstić information content (AvgIpc) is 3.16. The van der Waals surface area contributed by atoms with Crippen LogP contribution in [0.15, 0.2) is 0 Å². The molecule has 3 unspecified atom stereocenters. The number of hydrogen-bond donors (Lipinski definition) is 1. The maximum Gasteiger partial charge on any atom is 0.0580 e. The molecule has 0 aromatic carbocycles. The Balaban J connectivity index is 1.80. The summed E-state index contributed by atoms with van der Waals surface area (Å²) in [5, 5.41) is 10.2. The van der Waals surface area contributed by atoms with Gasteiger partial charge in [0.25, 0.3) is 0 Å². The van der Waals surface area contributed by atoms with Crippen LogP contribution in [0.4, 0.5) is 0 Å². The van der Waals surface area contributed by atoms with Crippen LogP contribution < -0.4 is 0 Å². The van der Waals surface area contributed by atoms with E-state index < -0.39 is 0 Å². The minimum absolute atomic E-state index is 0.0358. The van der Waals surface area contributed by atoms with Crippen molar-refractivity contribution in [2.24, 2.45) is 17.8 Å². The Morgan fingerprint density at radius 1 is 1.00 bits per heavy atom. The topological polar surface area (TPSA) is 23.5 Å². The van der Waals surface area contributed by atoms with Gasteiger partial charge in [0, 0.05) is 13.1 Å². The fraction of sp³-hybridized carbons (Fsp3) is 1.00. The molecule has 0 spiro atoms. The molecule has 1 N–H and O–H groups in total. The molecule has 0 amide bonds. The Morgan fingerprint density at radius 2 is 1.72 bits per heavy atom. The third kappa shape index (κ3) is 4.24. The zero-order valence-electron chi connectivity index (χ0n) is 12.3. The van der Waals surface area contributed by atoms with Crippen molar-refractivity contribution in [2.45, 2.75) is 64.9 Å². The molecule has 0 aromatic heterocycles.